The molecule has 0 bridgehead atoms. The predicted molar refractivity (Wildman–Crippen MR) is 133 cm³/mol. The Balaban J connectivity index is 1.32. The first-order valence-corrected chi connectivity index (χ1v) is 11.4. The van der Waals surface area contributed by atoms with Gasteiger partial charge in [-0.2, -0.15) is 0 Å². The number of rotatable bonds is 5. The molecule has 1 aliphatic heterocycles. The quantitative estimate of drug-likeness (QED) is 0.347. The number of anilines is 1. The summed E-state index contributed by atoms with van der Waals surface area (Å²) in [6.45, 7) is 2.21. The van der Waals surface area contributed by atoms with Gasteiger partial charge in [-0.1, -0.05) is 29.8 Å². The number of carbonyl (C=O) groups is 2. The van der Waals surface area contributed by atoms with Crippen LogP contribution >= 0.6 is 11.6 Å². The molecule has 0 aliphatic carbocycles. The number of carbonyl (C=O) groups excluding carboxylic acids is 1. The number of nitrogens with one attached hydrogen (secondary N) is 1. The Bertz CT molecular complexity index is 1450. The fraction of sp³-hybridized carbons (Fsp3) is 0.148. The van der Waals surface area contributed by atoms with Gasteiger partial charge in [-0.05, 0) is 61.4 Å². The molecule has 1 atom stereocenters. The number of aryl methyl sites for hydroxylation is 1. The van der Waals surface area contributed by atoms with Crippen molar-refractivity contribution < 1.29 is 24.2 Å². The van der Waals surface area contributed by atoms with E-state index in [0.717, 1.165) is 16.5 Å². The number of pyridine rings is 1. The fourth-order valence-corrected chi connectivity index (χ4v) is 4.26. The highest BCUT2D eigenvalue weighted by Gasteiger charge is 2.29. The second-order valence-corrected chi connectivity index (χ2v) is 8.68. The summed E-state index contributed by atoms with van der Waals surface area (Å²) in [5.41, 5.74) is 2.64. The molecule has 7 nitrogen and oxygen atoms in total. The predicted octanol–water partition coefficient (Wildman–Crippen LogP) is 6.19. The van der Waals surface area contributed by atoms with Gasteiger partial charge in [-0.25, -0.2) is 4.98 Å². The molecular weight excluding hydrogens is 468 g/mol. The highest BCUT2D eigenvalue weighted by molar-refractivity contribution is 6.32. The monoisotopic (exact) mass is 488 g/mol. The SMILES string of the molecule is Cc1cc2ccccc2nc1NC(=O)c1ccc(Oc2cc3c(cc2Cl)C(C(=O)O)CCO3)cc1. The molecule has 2 N–H and O–H groups in total. The van der Waals surface area contributed by atoms with E-state index in [1.807, 2.05) is 37.3 Å². The third-order valence-electron chi connectivity index (χ3n) is 5.89. The molecule has 8 heteroatoms. The maximum absolute atomic E-state index is 12.8. The zero-order chi connectivity index (χ0) is 24.5. The second-order valence-electron chi connectivity index (χ2n) is 8.28. The van der Waals surface area contributed by atoms with Crippen molar-refractivity contribution in [2.75, 3.05) is 11.9 Å². The highest BCUT2D eigenvalue weighted by atomic mass is 35.5. The minimum absolute atomic E-state index is 0.278. The van der Waals surface area contributed by atoms with Crippen molar-refractivity contribution in [3.05, 3.63) is 88.4 Å². The second kappa shape index (κ2) is 9.27. The molecule has 0 spiro atoms. The molecule has 3 aromatic carbocycles. The lowest BCUT2D eigenvalue weighted by molar-refractivity contribution is -0.139. The van der Waals surface area contributed by atoms with E-state index in [1.165, 1.54) is 0 Å². The Morgan fingerprint density at radius 1 is 1.11 bits per heavy atom. The lowest BCUT2D eigenvalue weighted by Gasteiger charge is -2.24. The molecule has 4 aromatic rings. The Labute approximate surface area is 206 Å². The zero-order valence-corrected chi connectivity index (χ0v) is 19.5. The van der Waals surface area contributed by atoms with E-state index in [0.29, 0.717) is 47.2 Å². The van der Waals surface area contributed by atoms with E-state index >= 15 is 0 Å². The van der Waals surface area contributed by atoms with Crippen LogP contribution in [0.5, 0.6) is 17.2 Å². The van der Waals surface area contributed by atoms with Gasteiger partial charge < -0.3 is 19.9 Å². The van der Waals surface area contributed by atoms with Gasteiger partial charge in [0.05, 0.1) is 23.1 Å². The number of carboxylic acids is 1. The Morgan fingerprint density at radius 2 is 1.89 bits per heavy atom. The number of nitrogens with zero attached hydrogens (tertiary/aromatic N) is 1. The van der Waals surface area contributed by atoms with Gasteiger partial charge in [-0.15, -0.1) is 0 Å². The summed E-state index contributed by atoms with van der Waals surface area (Å²) in [6, 6.07) is 19.5. The van der Waals surface area contributed by atoms with Crippen molar-refractivity contribution >= 4 is 40.2 Å². The van der Waals surface area contributed by atoms with Crippen molar-refractivity contribution in [2.24, 2.45) is 0 Å². The number of hydrogen-bond donors (Lipinski definition) is 2. The van der Waals surface area contributed by atoms with Crippen molar-refractivity contribution in [3.8, 4) is 17.2 Å². The molecule has 176 valence electrons. The van der Waals surface area contributed by atoms with Gasteiger partial charge in [0, 0.05) is 22.6 Å². The molecule has 35 heavy (non-hydrogen) atoms. The molecule has 1 amide bonds. The van der Waals surface area contributed by atoms with Crippen LogP contribution in [0.2, 0.25) is 5.02 Å². The number of fused-ring (bicyclic) bond motifs is 2. The van der Waals surface area contributed by atoms with Crippen LogP contribution in [-0.4, -0.2) is 28.6 Å². The number of benzene rings is 3. The molecule has 1 unspecified atom stereocenters. The smallest absolute Gasteiger partial charge is 0.311 e. The average molecular weight is 489 g/mol. The van der Waals surface area contributed by atoms with Crippen LogP contribution in [0.15, 0.2) is 66.7 Å². The number of para-hydroxylation sites is 1. The third kappa shape index (κ3) is 4.63. The minimum atomic E-state index is -0.915. The van der Waals surface area contributed by atoms with Gasteiger partial charge in [0.1, 0.15) is 23.1 Å². The van der Waals surface area contributed by atoms with Crippen LogP contribution < -0.4 is 14.8 Å². The van der Waals surface area contributed by atoms with Gasteiger partial charge in [0.25, 0.3) is 5.91 Å². The third-order valence-corrected chi connectivity index (χ3v) is 6.19. The highest BCUT2D eigenvalue weighted by Crippen LogP contribution is 2.41. The van der Waals surface area contributed by atoms with Gasteiger partial charge in [0.15, 0.2) is 0 Å². The Hall–Kier alpha value is -4.10. The molecule has 5 rings (SSSR count). The first kappa shape index (κ1) is 22.7. The number of aromatic nitrogens is 1. The van der Waals surface area contributed by atoms with Crippen LogP contribution in [-0.2, 0) is 4.79 Å². The van der Waals surface area contributed by atoms with Gasteiger partial charge in [-0.3, -0.25) is 9.59 Å². The number of carboxylic acid groups (broad SMARTS) is 1. The summed E-state index contributed by atoms with van der Waals surface area (Å²) in [5, 5.41) is 13.6. The molecule has 2 heterocycles. The van der Waals surface area contributed by atoms with E-state index in [1.54, 1.807) is 36.4 Å². The first-order valence-electron chi connectivity index (χ1n) is 11.0. The average Bonchev–Trinajstić information content (AvgIpc) is 2.85. The maximum Gasteiger partial charge on any atom is 0.311 e. The van der Waals surface area contributed by atoms with Gasteiger partial charge in [0.2, 0.25) is 0 Å². The van der Waals surface area contributed by atoms with Crippen molar-refractivity contribution in [3.63, 3.8) is 0 Å². The standard InChI is InChI=1S/C27H21ClN2O5/c1-15-12-17-4-2-3-5-22(17)29-25(15)30-26(31)16-6-8-18(9-7-16)35-24-14-23-20(13-21(24)28)19(27(32)33)10-11-34-23/h2-9,12-14,19H,10-11H2,1H3,(H,32,33)(H,29,30,31). The largest absolute Gasteiger partial charge is 0.493 e. The summed E-state index contributed by atoms with van der Waals surface area (Å²) >= 11 is 6.36. The van der Waals surface area contributed by atoms with E-state index in [-0.39, 0.29) is 10.9 Å². The fourth-order valence-electron chi connectivity index (χ4n) is 4.05. The van der Waals surface area contributed by atoms with E-state index < -0.39 is 11.9 Å². The number of halogens is 1. The molecule has 0 radical (unpaired) electrons. The van der Waals surface area contributed by atoms with Crippen LogP contribution in [0.25, 0.3) is 10.9 Å². The lowest BCUT2D eigenvalue weighted by Crippen LogP contribution is -2.20. The molecule has 0 fully saturated rings. The summed E-state index contributed by atoms with van der Waals surface area (Å²) in [6.07, 6.45) is 0.386. The zero-order valence-electron chi connectivity index (χ0n) is 18.7. The van der Waals surface area contributed by atoms with Crippen LogP contribution in [0.1, 0.15) is 33.8 Å². The molecule has 1 aliphatic rings. The van der Waals surface area contributed by atoms with Crippen molar-refractivity contribution in [2.45, 2.75) is 19.3 Å². The molecule has 0 saturated heterocycles. The number of amides is 1. The van der Waals surface area contributed by atoms with Crippen molar-refractivity contribution in [1.29, 1.82) is 0 Å². The topological polar surface area (TPSA) is 97.8 Å². The number of ether oxygens (including phenoxy) is 2. The van der Waals surface area contributed by atoms with E-state index in [9.17, 15) is 14.7 Å². The van der Waals surface area contributed by atoms with Crippen LogP contribution in [0, 0.1) is 6.92 Å². The normalized spacial score (nSPS) is 14.6. The summed E-state index contributed by atoms with van der Waals surface area (Å²) in [5.74, 6) is -0.112. The lowest BCUT2D eigenvalue weighted by atomic mass is 9.93. The van der Waals surface area contributed by atoms with Crippen molar-refractivity contribution in [1.82, 2.24) is 4.98 Å². The van der Waals surface area contributed by atoms with E-state index in [2.05, 4.69) is 10.3 Å². The number of aliphatic carboxylic acids is 1. The first-order chi connectivity index (χ1) is 16.9. The van der Waals surface area contributed by atoms with Crippen LogP contribution in [0.3, 0.4) is 0 Å². The summed E-state index contributed by atoms with van der Waals surface area (Å²) in [4.78, 5) is 28.9. The Morgan fingerprint density at radius 3 is 2.66 bits per heavy atom. The molecular formula is C27H21ClN2O5. The molecule has 1 aromatic heterocycles. The van der Waals surface area contributed by atoms with E-state index in [4.69, 9.17) is 21.1 Å². The maximum atomic E-state index is 12.8. The van der Waals surface area contributed by atoms with Crippen LogP contribution in [0.4, 0.5) is 5.82 Å². The number of hydrogen-bond acceptors (Lipinski definition) is 5. The Kier molecular flexibility index (Phi) is 6.01. The summed E-state index contributed by atoms with van der Waals surface area (Å²) in [7, 11) is 0. The van der Waals surface area contributed by atoms with Gasteiger partial charge >= 0.3 is 5.97 Å². The minimum Gasteiger partial charge on any atom is -0.493 e. The summed E-state index contributed by atoms with van der Waals surface area (Å²) < 4.78 is 11.5. The molecule has 0 saturated carbocycles.